The zero-order valence-electron chi connectivity index (χ0n) is 12.4. The van der Waals surface area contributed by atoms with E-state index in [-0.39, 0.29) is 0 Å². The quantitative estimate of drug-likeness (QED) is 0.666. The second-order valence-electron chi connectivity index (χ2n) is 5.25. The van der Waals surface area contributed by atoms with Crippen LogP contribution in [0.25, 0.3) is 10.2 Å². The molecule has 6 nitrogen and oxygen atoms in total. The predicted molar refractivity (Wildman–Crippen MR) is 86.8 cm³/mol. The van der Waals surface area contributed by atoms with Crippen LogP contribution >= 0.6 is 11.3 Å². The van der Waals surface area contributed by atoms with Crippen molar-refractivity contribution >= 4 is 33.3 Å². The molecule has 0 radical (unpaired) electrons. The summed E-state index contributed by atoms with van der Waals surface area (Å²) >= 11 is 1.71. The van der Waals surface area contributed by atoms with E-state index in [1.54, 1.807) is 11.3 Å². The molecule has 1 aliphatic heterocycles. The van der Waals surface area contributed by atoms with Crippen molar-refractivity contribution in [3.05, 3.63) is 10.9 Å². The van der Waals surface area contributed by atoms with Crippen LogP contribution in [0.15, 0.2) is 6.07 Å². The third kappa shape index (κ3) is 2.81. The molecule has 2 aromatic rings. The monoisotopic (exact) mass is 307 g/mol. The van der Waals surface area contributed by atoms with Gasteiger partial charge in [-0.15, -0.1) is 11.3 Å². The van der Waals surface area contributed by atoms with Crippen LogP contribution in [0.3, 0.4) is 0 Å². The summed E-state index contributed by atoms with van der Waals surface area (Å²) in [6.45, 7) is 3.78. The molecule has 2 aromatic heterocycles. The minimum absolute atomic E-state index is 0.451. The van der Waals surface area contributed by atoms with Crippen molar-refractivity contribution < 1.29 is 4.74 Å². The molecule has 21 heavy (non-hydrogen) atoms. The minimum Gasteiger partial charge on any atom is -0.381 e. The molecule has 0 aliphatic carbocycles. The first kappa shape index (κ1) is 14.5. The summed E-state index contributed by atoms with van der Waals surface area (Å²) in [5.74, 6) is 6.95. The Labute approximate surface area is 128 Å². The summed E-state index contributed by atoms with van der Waals surface area (Å²) in [5.41, 5.74) is 2.58. The number of anilines is 2. The van der Waals surface area contributed by atoms with E-state index in [1.807, 2.05) is 0 Å². The van der Waals surface area contributed by atoms with Crippen molar-refractivity contribution in [3.63, 3.8) is 0 Å². The highest BCUT2D eigenvalue weighted by Gasteiger charge is 2.22. The van der Waals surface area contributed by atoms with Crippen LogP contribution in [0.1, 0.15) is 24.6 Å². The first-order valence-electron chi connectivity index (χ1n) is 7.30. The lowest BCUT2D eigenvalue weighted by molar-refractivity contribution is 0.0854. The molecule has 7 heteroatoms. The standard InChI is InChI=1S/C14H21N5OS/c1-3-10-8-11-12(16-14(18-15)17-13(11)21-10)19(2)9-4-6-20-7-5-9/h8-9H,3-7,15H2,1-2H3,(H,16,17,18). The van der Waals surface area contributed by atoms with Crippen LogP contribution in [0.2, 0.25) is 0 Å². The van der Waals surface area contributed by atoms with Gasteiger partial charge in [-0.1, -0.05) is 6.92 Å². The van der Waals surface area contributed by atoms with Gasteiger partial charge in [0.15, 0.2) is 0 Å². The van der Waals surface area contributed by atoms with Gasteiger partial charge in [-0.2, -0.15) is 4.98 Å². The van der Waals surface area contributed by atoms with E-state index in [1.165, 1.54) is 4.88 Å². The summed E-state index contributed by atoms with van der Waals surface area (Å²) in [6.07, 6.45) is 3.06. The van der Waals surface area contributed by atoms with Crippen LogP contribution in [0.5, 0.6) is 0 Å². The minimum atomic E-state index is 0.451. The molecule has 0 amide bonds. The summed E-state index contributed by atoms with van der Waals surface area (Å²) < 4.78 is 5.45. The van der Waals surface area contributed by atoms with Crippen molar-refractivity contribution in [2.45, 2.75) is 32.2 Å². The number of nitrogens with two attached hydrogens (primary N) is 1. The third-order valence-corrected chi connectivity index (χ3v) is 5.15. The molecular weight excluding hydrogens is 286 g/mol. The van der Waals surface area contributed by atoms with Crippen molar-refractivity contribution in [1.82, 2.24) is 9.97 Å². The molecule has 3 rings (SSSR count). The van der Waals surface area contributed by atoms with E-state index in [4.69, 9.17) is 10.6 Å². The molecule has 1 aliphatic rings. The van der Waals surface area contributed by atoms with Gasteiger partial charge in [0.2, 0.25) is 5.95 Å². The van der Waals surface area contributed by atoms with Crippen molar-refractivity contribution in [2.75, 3.05) is 30.6 Å². The summed E-state index contributed by atoms with van der Waals surface area (Å²) in [4.78, 5) is 13.6. The Balaban J connectivity index is 2.03. The molecule has 0 spiro atoms. The summed E-state index contributed by atoms with van der Waals surface area (Å²) in [5, 5.41) is 1.12. The van der Waals surface area contributed by atoms with E-state index < -0.39 is 0 Å². The maximum absolute atomic E-state index is 5.52. The Morgan fingerprint density at radius 3 is 2.86 bits per heavy atom. The molecule has 0 aromatic carbocycles. The smallest absolute Gasteiger partial charge is 0.240 e. The zero-order chi connectivity index (χ0) is 14.8. The van der Waals surface area contributed by atoms with Gasteiger partial charge in [0.05, 0.1) is 5.39 Å². The second kappa shape index (κ2) is 6.13. The van der Waals surface area contributed by atoms with Gasteiger partial charge in [-0.25, -0.2) is 10.8 Å². The largest absolute Gasteiger partial charge is 0.381 e. The number of thiophene rings is 1. The van der Waals surface area contributed by atoms with Crippen molar-refractivity contribution in [3.8, 4) is 0 Å². The van der Waals surface area contributed by atoms with Gasteiger partial charge in [0.25, 0.3) is 0 Å². The normalized spacial score (nSPS) is 16.3. The Hall–Kier alpha value is -1.44. The third-order valence-electron chi connectivity index (χ3n) is 3.97. The molecule has 0 saturated carbocycles. The van der Waals surface area contributed by atoms with Crippen molar-refractivity contribution in [1.29, 1.82) is 0 Å². The Morgan fingerprint density at radius 1 is 1.43 bits per heavy atom. The first-order valence-corrected chi connectivity index (χ1v) is 8.12. The van der Waals surface area contributed by atoms with Gasteiger partial charge in [-0.05, 0) is 25.3 Å². The number of hydrogen-bond acceptors (Lipinski definition) is 7. The molecule has 1 saturated heterocycles. The number of aromatic nitrogens is 2. The van der Waals surface area contributed by atoms with E-state index >= 15 is 0 Å². The van der Waals surface area contributed by atoms with Gasteiger partial charge >= 0.3 is 0 Å². The molecule has 114 valence electrons. The maximum Gasteiger partial charge on any atom is 0.240 e. The summed E-state index contributed by atoms with van der Waals surface area (Å²) in [6, 6.07) is 2.65. The van der Waals surface area contributed by atoms with Crippen LogP contribution < -0.4 is 16.2 Å². The van der Waals surface area contributed by atoms with Gasteiger partial charge in [0, 0.05) is 31.2 Å². The highest BCUT2D eigenvalue weighted by atomic mass is 32.1. The fraction of sp³-hybridized carbons (Fsp3) is 0.571. The SMILES string of the molecule is CCc1cc2c(N(C)C3CCOCC3)nc(NN)nc2s1. The molecule has 0 bridgehead atoms. The molecule has 3 heterocycles. The molecular formula is C14H21N5OS. The highest BCUT2D eigenvalue weighted by molar-refractivity contribution is 7.18. The lowest BCUT2D eigenvalue weighted by atomic mass is 10.1. The number of hydrazine groups is 1. The average Bonchev–Trinajstić information content (AvgIpc) is 2.97. The molecule has 3 N–H and O–H groups in total. The van der Waals surface area contributed by atoms with E-state index in [9.17, 15) is 0 Å². The number of nitrogens with one attached hydrogen (secondary N) is 1. The fourth-order valence-electron chi connectivity index (χ4n) is 2.71. The number of hydrogen-bond donors (Lipinski definition) is 2. The van der Waals surface area contributed by atoms with Crippen LogP contribution in [0.4, 0.5) is 11.8 Å². The number of nitrogens with zero attached hydrogens (tertiary/aromatic N) is 3. The van der Waals surface area contributed by atoms with Crippen LogP contribution in [-0.2, 0) is 11.2 Å². The lowest BCUT2D eigenvalue weighted by Gasteiger charge is -2.32. The van der Waals surface area contributed by atoms with E-state index in [2.05, 4.69) is 40.3 Å². The fourth-order valence-corrected chi connectivity index (χ4v) is 3.67. The first-order chi connectivity index (χ1) is 10.2. The maximum atomic E-state index is 5.52. The number of aryl methyl sites for hydroxylation is 1. The second-order valence-corrected chi connectivity index (χ2v) is 6.37. The highest BCUT2D eigenvalue weighted by Crippen LogP contribution is 2.33. The molecule has 0 unspecified atom stereocenters. The zero-order valence-corrected chi connectivity index (χ0v) is 13.2. The topological polar surface area (TPSA) is 76.3 Å². The van der Waals surface area contributed by atoms with Gasteiger partial charge < -0.3 is 9.64 Å². The average molecular weight is 307 g/mol. The Bertz CT molecular complexity index is 623. The van der Waals surface area contributed by atoms with Crippen LogP contribution in [-0.4, -0.2) is 36.3 Å². The predicted octanol–water partition coefficient (Wildman–Crippen LogP) is 2.15. The number of rotatable bonds is 4. The Morgan fingerprint density at radius 2 is 2.19 bits per heavy atom. The lowest BCUT2D eigenvalue weighted by Crippen LogP contribution is -2.37. The van der Waals surface area contributed by atoms with Gasteiger partial charge in [0.1, 0.15) is 10.6 Å². The van der Waals surface area contributed by atoms with Crippen LogP contribution in [0, 0.1) is 0 Å². The van der Waals surface area contributed by atoms with E-state index in [0.717, 1.165) is 48.5 Å². The molecule has 0 atom stereocenters. The van der Waals surface area contributed by atoms with E-state index in [0.29, 0.717) is 12.0 Å². The summed E-state index contributed by atoms with van der Waals surface area (Å²) in [7, 11) is 2.10. The molecule has 1 fully saturated rings. The number of nitrogen functional groups attached to an aromatic ring is 1. The number of fused-ring (bicyclic) bond motifs is 1. The van der Waals surface area contributed by atoms with Gasteiger partial charge in [-0.3, -0.25) is 5.43 Å². The number of ether oxygens (including phenoxy) is 1. The Kier molecular flexibility index (Phi) is 4.23. The van der Waals surface area contributed by atoms with Crippen molar-refractivity contribution in [2.24, 2.45) is 5.84 Å².